The molecule has 2 heteroatoms. The summed E-state index contributed by atoms with van der Waals surface area (Å²) >= 11 is 0. The van der Waals surface area contributed by atoms with Crippen molar-refractivity contribution in [2.45, 2.75) is 46.1 Å². The lowest BCUT2D eigenvalue weighted by Gasteiger charge is -2.14. The van der Waals surface area contributed by atoms with Gasteiger partial charge in [-0.1, -0.05) is 27.2 Å². The van der Waals surface area contributed by atoms with Crippen LogP contribution in [0.1, 0.15) is 51.0 Å². The van der Waals surface area contributed by atoms with Gasteiger partial charge in [-0.25, -0.2) is 0 Å². The molecule has 0 aromatic carbocycles. The Bertz CT molecular complexity index is 265. The summed E-state index contributed by atoms with van der Waals surface area (Å²) in [5.41, 5.74) is 0.966. The summed E-state index contributed by atoms with van der Waals surface area (Å²) in [5.74, 6) is 1.48. The topological polar surface area (TPSA) is 33.4 Å². The van der Waals surface area contributed by atoms with Crippen LogP contribution in [0.15, 0.2) is 16.7 Å². The fourth-order valence-corrected chi connectivity index (χ4v) is 1.61. The molecule has 0 radical (unpaired) electrons. The number of furan rings is 1. The monoisotopic (exact) mass is 196 g/mol. The van der Waals surface area contributed by atoms with Crippen molar-refractivity contribution in [2.75, 3.05) is 0 Å². The van der Waals surface area contributed by atoms with Gasteiger partial charge in [-0.15, -0.1) is 0 Å². The van der Waals surface area contributed by atoms with Gasteiger partial charge in [-0.05, 0) is 18.4 Å². The molecule has 0 saturated heterocycles. The Morgan fingerprint density at radius 1 is 1.43 bits per heavy atom. The molecule has 1 rings (SSSR count). The van der Waals surface area contributed by atoms with Gasteiger partial charge < -0.3 is 9.52 Å². The van der Waals surface area contributed by atoms with Crippen molar-refractivity contribution in [3.05, 3.63) is 23.7 Å². The minimum Gasteiger partial charge on any atom is -0.469 e. The Morgan fingerprint density at radius 2 is 2.14 bits per heavy atom. The largest absolute Gasteiger partial charge is 0.469 e. The van der Waals surface area contributed by atoms with Gasteiger partial charge in [-0.3, -0.25) is 0 Å². The van der Waals surface area contributed by atoms with E-state index in [1.807, 2.05) is 13.0 Å². The molecule has 80 valence electrons. The maximum atomic E-state index is 9.96. The Balaban J connectivity index is 2.64. The van der Waals surface area contributed by atoms with Crippen LogP contribution in [0.25, 0.3) is 0 Å². The normalized spacial score (nSPS) is 15.4. The minimum atomic E-state index is -0.362. The molecule has 0 amide bonds. The standard InChI is InChI=1S/C12H20O2/c1-4-9(3)8-11(13)10-6-7-14-12(10)5-2/h6-7,9,11,13H,4-5,8H2,1-3H3. The molecule has 2 nitrogen and oxygen atoms in total. The zero-order chi connectivity index (χ0) is 10.6. The second-order valence-electron chi connectivity index (χ2n) is 3.92. The van der Waals surface area contributed by atoms with Crippen LogP contribution in [-0.4, -0.2) is 5.11 Å². The van der Waals surface area contributed by atoms with E-state index in [1.165, 1.54) is 0 Å². The Kier molecular flexibility index (Phi) is 4.21. The van der Waals surface area contributed by atoms with Crippen molar-refractivity contribution >= 4 is 0 Å². The lowest BCUT2D eigenvalue weighted by atomic mass is 9.96. The van der Waals surface area contributed by atoms with Crippen molar-refractivity contribution in [1.82, 2.24) is 0 Å². The number of hydrogen-bond acceptors (Lipinski definition) is 2. The lowest BCUT2D eigenvalue weighted by molar-refractivity contribution is 0.144. The molecule has 1 N–H and O–H groups in total. The zero-order valence-corrected chi connectivity index (χ0v) is 9.29. The third kappa shape index (κ3) is 2.61. The zero-order valence-electron chi connectivity index (χ0n) is 9.29. The molecule has 0 saturated carbocycles. The molecule has 0 aliphatic rings. The summed E-state index contributed by atoms with van der Waals surface area (Å²) in [5, 5.41) is 9.96. The first-order valence-corrected chi connectivity index (χ1v) is 5.43. The number of aryl methyl sites for hydroxylation is 1. The van der Waals surface area contributed by atoms with Crippen LogP contribution in [0.2, 0.25) is 0 Å². The molecule has 14 heavy (non-hydrogen) atoms. The van der Waals surface area contributed by atoms with Gasteiger partial charge in [0.2, 0.25) is 0 Å². The molecular formula is C12H20O2. The average molecular weight is 196 g/mol. The highest BCUT2D eigenvalue weighted by Crippen LogP contribution is 2.26. The van der Waals surface area contributed by atoms with E-state index < -0.39 is 0 Å². The minimum absolute atomic E-state index is 0.362. The molecule has 0 aliphatic heterocycles. The second kappa shape index (κ2) is 5.20. The van der Waals surface area contributed by atoms with Gasteiger partial charge in [0, 0.05) is 12.0 Å². The molecule has 0 spiro atoms. The predicted molar refractivity (Wildman–Crippen MR) is 57.1 cm³/mol. The van der Waals surface area contributed by atoms with E-state index >= 15 is 0 Å². The van der Waals surface area contributed by atoms with Crippen LogP contribution < -0.4 is 0 Å². The van der Waals surface area contributed by atoms with Crippen LogP contribution in [-0.2, 0) is 6.42 Å². The van der Waals surface area contributed by atoms with Crippen molar-refractivity contribution in [3.8, 4) is 0 Å². The van der Waals surface area contributed by atoms with Gasteiger partial charge in [-0.2, -0.15) is 0 Å². The average Bonchev–Trinajstić information content (AvgIpc) is 2.65. The number of aliphatic hydroxyl groups is 1. The number of aliphatic hydroxyl groups excluding tert-OH is 1. The Hall–Kier alpha value is -0.760. The van der Waals surface area contributed by atoms with Crippen LogP contribution >= 0.6 is 0 Å². The van der Waals surface area contributed by atoms with Crippen molar-refractivity contribution in [1.29, 1.82) is 0 Å². The third-order valence-corrected chi connectivity index (χ3v) is 2.78. The first-order valence-electron chi connectivity index (χ1n) is 5.43. The van der Waals surface area contributed by atoms with E-state index in [4.69, 9.17) is 4.42 Å². The molecule has 2 atom stereocenters. The molecular weight excluding hydrogens is 176 g/mol. The maximum absolute atomic E-state index is 9.96. The number of rotatable bonds is 5. The maximum Gasteiger partial charge on any atom is 0.109 e. The molecule has 2 unspecified atom stereocenters. The quantitative estimate of drug-likeness (QED) is 0.783. The van der Waals surface area contributed by atoms with Crippen LogP contribution in [0.5, 0.6) is 0 Å². The summed E-state index contributed by atoms with van der Waals surface area (Å²) in [7, 11) is 0. The molecule has 1 aromatic rings. The molecule has 1 aromatic heterocycles. The van der Waals surface area contributed by atoms with E-state index in [2.05, 4.69) is 13.8 Å². The summed E-state index contributed by atoms with van der Waals surface area (Å²) in [6.07, 6.45) is 4.08. The SMILES string of the molecule is CCc1occc1C(O)CC(C)CC. The van der Waals surface area contributed by atoms with Gasteiger partial charge in [0.1, 0.15) is 5.76 Å². The summed E-state index contributed by atoms with van der Waals surface area (Å²) in [6, 6.07) is 1.88. The van der Waals surface area contributed by atoms with E-state index in [-0.39, 0.29) is 6.10 Å². The van der Waals surface area contributed by atoms with E-state index in [0.717, 1.165) is 30.6 Å². The Morgan fingerprint density at radius 3 is 2.71 bits per heavy atom. The molecule has 0 bridgehead atoms. The summed E-state index contributed by atoms with van der Waals surface area (Å²) in [6.45, 7) is 6.35. The molecule has 1 heterocycles. The van der Waals surface area contributed by atoms with Crippen LogP contribution in [0.4, 0.5) is 0 Å². The van der Waals surface area contributed by atoms with E-state index in [9.17, 15) is 5.11 Å². The van der Waals surface area contributed by atoms with E-state index in [1.54, 1.807) is 6.26 Å². The van der Waals surface area contributed by atoms with Gasteiger partial charge in [0.25, 0.3) is 0 Å². The lowest BCUT2D eigenvalue weighted by Crippen LogP contribution is -2.04. The smallest absolute Gasteiger partial charge is 0.109 e. The highest BCUT2D eigenvalue weighted by atomic mass is 16.3. The fraction of sp³-hybridized carbons (Fsp3) is 0.667. The van der Waals surface area contributed by atoms with E-state index in [0.29, 0.717) is 5.92 Å². The highest BCUT2D eigenvalue weighted by molar-refractivity contribution is 5.19. The van der Waals surface area contributed by atoms with Crippen molar-refractivity contribution in [2.24, 2.45) is 5.92 Å². The first kappa shape index (κ1) is 11.3. The van der Waals surface area contributed by atoms with Crippen molar-refractivity contribution in [3.63, 3.8) is 0 Å². The van der Waals surface area contributed by atoms with Gasteiger partial charge in [0.15, 0.2) is 0 Å². The van der Waals surface area contributed by atoms with Crippen LogP contribution in [0.3, 0.4) is 0 Å². The molecule has 0 aliphatic carbocycles. The van der Waals surface area contributed by atoms with Gasteiger partial charge in [0.05, 0.1) is 12.4 Å². The fourth-order valence-electron chi connectivity index (χ4n) is 1.61. The first-order chi connectivity index (χ1) is 6.69. The Labute approximate surface area is 85.9 Å². The molecule has 0 fully saturated rings. The van der Waals surface area contributed by atoms with Gasteiger partial charge >= 0.3 is 0 Å². The van der Waals surface area contributed by atoms with Crippen molar-refractivity contribution < 1.29 is 9.52 Å². The van der Waals surface area contributed by atoms with Crippen LogP contribution in [0, 0.1) is 5.92 Å². The third-order valence-electron chi connectivity index (χ3n) is 2.78. The number of hydrogen-bond donors (Lipinski definition) is 1. The summed E-state index contributed by atoms with van der Waals surface area (Å²) in [4.78, 5) is 0. The predicted octanol–water partition coefficient (Wildman–Crippen LogP) is 3.31. The highest BCUT2D eigenvalue weighted by Gasteiger charge is 2.16. The summed E-state index contributed by atoms with van der Waals surface area (Å²) < 4.78 is 5.29. The second-order valence-corrected chi connectivity index (χ2v) is 3.92.